The molecule has 0 atom stereocenters. The zero-order valence-electron chi connectivity index (χ0n) is 14.2. The van der Waals surface area contributed by atoms with E-state index in [1.54, 1.807) is 19.0 Å². The minimum absolute atomic E-state index is 0.104. The lowest BCUT2D eigenvalue weighted by molar-refractivity contribution is -0.121. The Labute approximate surface area is 180 Å². The first-order chi connectivity index (χ1) is 12.4. The number of rotatable bonds is 4. The molecular weight excluding hydrogens is 527 g/mol. The van der Waals surface area contributed by atoms with Crippen molar-refractivity contribution in [1.29, 1.82) is 0 Å². The van der Waals surface area contributed by atoms with Gasteiger partial charge in [0, 0.05) is 17.7 Å². The largest absolute Gasteiger partial charge is 0.488 e. The van der Waals surface area contributed by atoms with Gasteiger partial charge in [-0.3, -0.25) is 9.69 Å². The quantitative estimate of drug-likeness (QED) is 0.319. The normalized spacial score (nSPS) is 15.9. The Morgan fingerprint density at radius 1 is 1.15 bits per heavy atom. The maximum absolute atomic E-state index is 12.3. The highest BCUT2D eigenvalue weighted by Crippen LogP contribution is 2.29. The Hall–Kier alpha value is -1.45. The van der Waals surface area contributed by atoms with Gasteiger partial charge in [-0.25, -0.2) is 0 Å². The Kier molecular flexibility index (Phi) is 5.99. The minimum Gasteiger partial charge on any atom is -0.488 e. The molecular formula is C19H16BrIN2O2S. The maximum atomic E-state index is 12.3. The highest BCUT2D eigenvalue weighted by atomic mass is 127. The highest BCUT2D eigenvalue weighted by molar-refractivity contribution is 14.1. The molecule has 1 heterocycles. The Balaban J connectivity index is 1.75. The van der Waals surface area contributed by atoms with Crippen molar-refractivity contribution in [3.05, 3.63) is 67.3 Å². The molecule has 134 valence electrons. The molecule has 1 aliphatic rings. The van der Waals surface area contributed by atoms with Crippen molar-refractivity contribution in [1.82, 2.24) is 9.80 Å². The van der Waals surface area contributed by atoms with Gasteiger partial charge in [0.05, 0.1) is 4.47 Å². The van der Waals surface area contributed by atoms with Crippen LogP contribution in [0.4, 0.5) is 0 Å². The first-order valence-electron chi connectivity index (χ1n) is 7.81. The van der Waals surface area contributed by atoms with Gasteiger partial charge in [-0.1, -0.05) is 18.2 Å². The zero-order valence-corrected chi connectivity index (χ0v) is 18.8. The van der Waals surface area contributed by atoms with Gasteiger partial charge < -0.3 is 9.64 Å². The maximum Gasteiger partial charge on any atom is 0.276 e. The first-order valence-corrected chi connectivity index (χ1v) is 10.1. The number of hydrogen-bond acceptors (Lipinski definition) is 3. The molecule has 2 aromatic rings. The molecule has 0 bridgehead atoms. The molecule has 4 nitrogen and oxygen atoms in total. The van der Waals surface area contributed by atoms with Gasteiger partial charge in [0.1, 0.15) is 18.1 Å². The number of ether oxygens (including phenoxy) is 1. The predicted octanol–water partition coefficient (Wildman–Crippen LogP) is 4.66. The van der Waals surface area contributed by atoms with E-state index in [1.165, 1.54) is 8.47 Å². The summed E-state index contributed by atoms with van der Waals surface area (Å²) in [6, 6.07) is 14.0. The van der Waals surface area contributed by atoms with Crippen molar-refractivity contribution in [2.24, 2.45) is 0 Å². The Morgan fingerprint density at radius 3 is 2.42 bits per heavy atom. The van der Waals surface area contributed by atoms with Crippen molar-refractivity contribution in [3.63, 3.8) is 0 Å². The van der Waals surface area contributed by atoms with E-state index >= 15 is 0 Å². The lowest BCUT2D eigenvalue weighted by Gasteiger charge is -2.12. The number of amides is 1. The van der Waals surface area contributed by atoms with Gasteiger partial charge in [0.15, 0.2) is 5.11 Å². The molecule has 0 aromatic heterocycles. The molecule has 26 heavy (non-hydrogen) atoms. The molecule has 2 aromatic carbocycles. The number of carbonyl (C=O) groups excluding carboxylic acids is 1. The van der Waals surface area contributed by atoms with E-state index in [4.69, 9.17) is 17.0 Å². The van der Waals surface area contributed by atoms with Crippen LogP contribution in [0.2, 0.25) is 0 Å². The molecule has 3 rings (SSSR count). The summed E-state index contributed by atoms with van der Waals surface area (Å²) in [5.74, 6) is 0.650. The summed E-state index contributed by atoms with van der Waals surface area (Å²) in [6.45, 7) is 0.496. The van der Waals surface area contributed by atoms with Crippen LogP contribution in [0.15, 0.2) is 52.6 Å². The van der Waals surface area contributed by atoms with Crippen molar-refractivity contribution in [3.8, 4) is 5.75 Å². The first kappa shape index (κ1) is 19.3. The zero-order chi connectivity index (χ0) is 18.8. The van der Waals surface area contributed by atoms with Crippen LogP contribution in [-0.4, -0.2) is 34.9 Å². The fourth-order valence-electron chi connectivity index (χ4n) is 2.51. The number of thiocarbonyl (C=S) groups is 1. The predicted molar refractivity (Wildman–Crippen MR) is 119 cm³/mol. The van der Waals surface area contributed by atoms with Crippen LogP contribution < -0.4 is 4.74 Å². The van der Waals surface area contributed by atoms with E-state index in [0.717, 1.165) is 21.3 Å². The molecule has 0 radical (unpaired) electrons. The smallest absolute Gasteiger partial charge is 0.276 e. The van der Waals surface area contributed by atoms with Gasteiger partial charge in [0.25, 0.3) is 5.91 Å². The van der Waals surface area contributed by atoms with Crippen LogP contribution in [0.3, 0.4) is 0 Å². The van der Waals surface area contributed by atoms with Crippen LogP contribution in [-0.2, 0) is 11.4 Å². The summed E-state index contributed by atoms with van der Waals surface area (Å²) in [4.78, 5) is 15.4. The van der Waals surface area contributed by atoms with Crippen molar-refractivity contribution in [2.45, 2.75) is 6.61 Å². The van der Waals surface area contributed by atoms with Gasteiger partial charge in [-0.05, 0) is 92.2 Å². The molecule has 0 spiro atoms. The van der Waals surface area contributed by atoms with E-state index in [1.807, 2.05) is 24.3 Å². The molecule has 0 N–H and O–H groups in total. The summed E-state index contributed by atoms with van der Waals surface area (Å²) in [5, 5.41) is 0.498. The molecule has 1 amide bonds. The second-order valence-electron chi connectivity index (χ2n) is 5.84. The summed E-state index contributed by atoms with van der Waals surface area (Å²) >= 11 is 11.1. The van der Waals surface area contributed by atoms with Gasteiger partial charge >= 0.3 is 0 Å². The SMILES string of the molecule is CN1C(=O)/C(=C/c2ccc(OCc3ccc(I)cc3)c(Br)c2)N(C)C1=S. The Morgan fingerprint density at radius 2 is 1.85 bits per heavy atom. The van der Waals surface area contributed by atoms with E-state index in [0.29, 0.717) is 17.4 Å². The second-order valence-corrected chi connectivity index (χ2v) is 8.31. The Bertz CT molecular complexity index is 899. The van der Waals surface area contributed by atoms with Gasteiger partial charge in [-0.15, -0.1) is 0 Å². The van der Waals surface area contributed by atoms with Crippen LogP contribution in [0.1, 0.15) is 11.1 Å². The number of likely N-dealkylation sites (N-methyl/N-ethyl adjacent to an activating group) is 2. The number of hydrogen-bond donors (Lipinski definition) is 0. The van der Waals surface area contributed by atoms with Gasteiger partial charge in [0.2, 0.25) is 0 Å². The fourth-order valence-corrected chi connectivity index (χ4v) is 3.56. The molecule has 0 saturated carbocycles. The van der Waals surface area contributed by atoms with Crippen LogP contribution >= 0.6 is 50.7 Å². The van der Waals surface area contributed by atoms with Crippen molar-refractivity contribution < 1.29 is 9.53 Å². The molecule has 1 saturated heterocycles. The van der Waals surface area contributed by atoms with Crippen LogP contribution in [0.25, 0.3) is 6.08 Å². The molecule has 0 unspecified atom stereocenters. The molecule has 1 aliphatic heterocycles. The average Bonchev–Trinajstić information content (AvgIpc) is 2.80. The lowest BCUT2D eigenvalue weighted by Crippen LogP contribution is -2.26. The third-order valence-electron chi connectivity index (χ3n) is 4.03. The van der Waals surface area contributed by atoms with E-state index in [2.05, 4.69) is 62.8 Å². The minimum atomic E-state index is -0.104. The number of benzene rings is 2. The lowest BCUT2D eigenvalue weighted by atomic mass is 10.1. The van der Waals surface area contributed by atoms with E-state index < -0.39 is 0 Å². The third-order valence-corrected chi connectivity index (χ3v) is 5.91. The number of nitrogens with zero attached hydrogens (tertiary/aromatic N) is 2. The number of carbonyl (C=O) groups is 1. The molecule has 0 aliphatic carbocycles. The standard InChI is InChI=1S/C19H16BrIN2O2S/c1-22-16(18(24)23(2)19(22)26)10-13-5-8-17(15(20)9-13)25-11-12-3-6-14(21)7-4-12/h3-10H,11H2,1-2H3/b16-10-. The fraction of sp³-hybridized carbons (Fsp3) is 0.158. The molecule has 1 fully saturated rings. The monoisotopic (exact) mass is 542 g/mol. The topological polar surface area (TPSA) is 32.8 Å². The van der Waals surface area contributed by atoms with Gasteiger partial charge in [-0.2, -0.15) is 0 Å². The summed E-state index contributed by atoms with van der Waals surface area (Å²) in [7, 11) is 3.47. The summed E-state index contributed by atoms with van der Waals surface area (Å²) in [6.07, 6.45) is 1.83. The average molecular weight is 543 g/mol. The van der Waals surface area contributed by atoms with Crippen molar-refractivity contribution >= 4 is 67.8 Å². The van der Waals surface area contributed by atoms with E-state index in [-0.39, 0.29) is 5.91 Å². The van der Waals surface area contributed by atoms with E-state index in [9.17, 15) is 4.79 Å². The second kappa shape index (κ2) is 8.06. The number of halogens is 2. The summed E-state index contributed by atoms with van der Waals surface area (Å²) in [5.41, 5.74) is 2.56. The van der Waals surface area contributed by atoms with Crippen LogP contribution in [0, 0.1) is 3.57 Å². The van der Waals surface area contributed by atoms with Crippen LogP contribution in [0.5, 0.6) is 5.75 Å². The highest BCUT2D eigenvalue weighted by Gasteiger charge is 2.32. The molecule has 7 heteroatoms. The summed E-state index contributed by atoms with van der Waals surface area (Å²) < 4.78 is 7.92. The van der Waals surface area contributed by atoms with Crippen molar-refractivity contribution in [2.75, 3.05) is 14.1 Å². The third kappa shape index (κ3) is 4.10.